The van der Waals surface area contributed by atoms with E-state index in [4.69, 9.17) is 4.98 Å². The van der Waals surface area contributed by atoms with Crippen molar-refractivity contribution < 1.29 is 0 Å². The molecule has 0 atom stereocenters. The van der Waals surface area contributed by atoms with E-state index in [-0.39, 0.29) is 0 Å². The molecule has 0 unspecified atom stereocenters. The average molecular weight is 390 g/mol. The summed E-state index contributed by atoms with van der Waals surface area (Å²) in [5, 5.41) is 0. The van der Waals surface area contributed by atoms with Gasteiger partial charge in [-0.15, -0.1) is 0 Å². The zero-order valence-electron chi connectivity index (χ0n) is 12.4. The molecule has 0 spiro atoms. The minimum Gasteiger partial charge on any atom is -0.323 e. The van der Waals surface area contributed by atoms with Crippen molar-refractivity contribution in [1.29, 1.82) is 0 Å². The van der Waals surface area contributed by atoms with Gasteiger partial charge in [-0.1, -0.05) is 31.2 Å². The molecule has 3 aromatic rings. The molecule has 1 aromatic heterocycles. The first kappa shape index (κ1) is 14.6. The molecule has 0 bridgehead atoms. The molecule has 0 radical (unpaired) electrons. The largest absolute Gasteiger partial charge is 0.323 e. The summed E-state index contributed by atoms with van der Waals surface area (Å²) in [7, 11) is 0. The first-order valence-electron chi connectivity index (χ1n) is 7.38. The van der Waals surface area contributed by atoms with E-state index >= 15 is 0 Å². The van der Waals surface area contributed by atoms with Crippen LogP contribution in [0.3, 0.4) is 0 Å². The smallest absolute Gasteiger partial charge is 0.110 e. The second kappa shape index (κ2) is 6.18. The number of benzene rings is 2. The first-order chi connectivity index (χ1) is 10.2. The SMILES string of the molecule is CCCc1nc2c(C)cccc2n1Cc1ccc(I)cc1. The lowest BCUT2D eigenvalue weighted by Gasteiger charge is -2.09. The molecule has 3 rings (SSSR count). The Bertz CT molecular complexity index is 757. The number of aromatic nitrogens is 2. The van der Waals surface area contributed by atoms with E-state index < -0.39 is 0 Å². The maximum absolute atomic E-state index is 4.88. The Kier molecular flexibility index (Phi) is 4.29. The van der Waals surface area contributed by atoms with Gasteiger partial charge in [0.2, 0.25) is 0 Å². The predicted molar refractivity (Wildman–Crippen MR) is 96.7 cm³/mol. The Morgan fingerprint density at radius 2 is 1.86 bits per heavy atom. The lowest BCUT2D eigenvalue weighted by molar-refractivity contribution is 0.721. The lowest BCUT2D eigenvalue weighted by atomic mass is 10.2. The Morgan fingerprint density at radius 1 is 1.10 bits per heavy atom. The van der Waals surface area contributed by atoms with Crippen LogP contribution < -0.4 is 0 Å². The molecule has 3 heteroatoms. The van der Waals surface area contributed by atoms with Crippen LogP contribution in [0, 0.1) is 10.5 Å². The van der Waals surface area contributed by atoms with Crippen molar-refractivity contribution in [3.05, 3.63) is 63.0 Å². The normalized spacial score (nSPS) is 11.2. The number of fused-ring (bicyclic) bond motifs is 1. The molecule has 0 saturated carbocycles. The number of halogens is 1. The van der Waals surface area contributed by atoms with Gasteiger partial charge in [-0.25, -0.2) is 4.98 Å². The molecule has 0 amide bonds. The lowest BCUT2D eigenvalue weighted by Crippen LogP contribution is -2.05. The Balaban J connectivity index is 2.08. The van der Waals surface area contributed by atoms with E-state index in [1.807, 2.05) is 0 Å². The van der Waals surface area contributed by atoms with Crippen LogP contribution in [0.4, 0.5) is 0 Å². The van der Waals surface area contributed by atoms with Crippen LogP contribution in [0.2, 0.25) is 0 Å². The summed E-state index contributed by atoms with van der Waals surface area (Å²) >= 11 is 2.35. The molecule has 2 aromatic carbocycles. The number of rotatable bonds is 4. The quantitative estimate of drug-likeness (QED) is 0.577. The van der Waals surface area contributed by atoms with Crippen molar-refractivity contribution in [2.45, 2.75) is 33.2 Å². The zero-order valence-corrected chi connectivity index (χ0v) is 14.6. The van der Waals surface area contributed by atoms with E-state index in [9.17, 15) is 0 Å². The van der Waals surface area contributed by atoms with Crippen LogP contribution in [0.1, 0.15) is 30.3 Å². The molecular weight excluding hydrogens is 371 g/mol. The van der Waals surface area contributed by atoms with Gasteiger partial charge in [-0.3, -0.25) is 0 Å². The maximum Gasteiger partial charge on any atom is 0.110 e. The first-order valence-corrected chi connectivity index (χ1v) is 8.46. The van der Waals surface area contributed by atoms with Gasteiger partial charge in [-0.05, 0) is 65.3 Å². The number of aryl methyl sites for hydroxylation is 2. The summed E-state index contributed by atoms with van der Waals surface area (Å²) < 4.78 is 3.64. The van der Waals surface area contributed by atoms with Crippen molar-refractivity contribution >= 4 is 33.6 Å². The van der Waals surface area contributed by atoms with Gasteiger partial charge in [0.15, 0.2) is 0 Å². The minimum absolute atomic E-state index is 0.895. The molecule has 0 saturated heterocycles. The van der Waals surface area contributed by atoms with Gasteiger partial charge < -0.3 is 4.57 Å². The Morgan fingerprint density at radius 3 is 2.57 bits per heavy atom. The second-order valence-corrected chi connectivity index (χ2v) is 6.68. The number of para-hydroxylation sites is 1. The summed E-state index contributed by atoms with van der Waals surface area (Å²) in [4.78, 5) is 4.88. The van der Waals surface area contributed by atoms with Crippen LogP contribution in [0.25, 0.3) is 11.0 Å². The molecule has 1 heterocycles. The van der Waals surface area contributed by atoms with Crippen molar-refractivity contribution in [2.24, 2.45) is 0 Å². The number of hydrogen-bond acceptors (Lipinski definition) is 1. The molecule has 0 aliphatic rings. The highest BCUT2D eigenvalue weighted by atomic mass is 127. The topological polar surface area (TPSA) is 17.8 Å². The minimum atomic E-state index is 0.895. The van der Waals surface area contributed by atoms with Gasteiger partial charge in [0, 0.05) is 16.5 Å². The third kappa shape index (κ3) is 2.98. The molecule has 21 heavy (non-hydrogen) atoms. The van der Waals surface area contributed by atoms with Gasteiger partial charge in [0.05, 0.1) is 11.0 Å². The summed E-state index contributed by atoms with van der Waals surface area (Å²) in [5.74, 6) is 1.19. The standard InChI is InChI=1S/C18H19IN2/c1-3-5-17-20-18-13(2)6-4-7-16(18)21(17)12-14-8-10-15(19)11-9-14/h4,6-11H,3,5,12H2,1-2H3. The molecule has 0 aliphatic carbocycles. The van der Waals surface area contributed by atoms with Crippen LogP contribution >= 0.6 is 22.6 Å². The fraction of sp³-hybridized carbons (Fsp3) is 0.278. The van der Waals surface area contributed by atoms with Crippen LogP contribution in [-0.2, 0) is 13.0 Å². The molecule has 108 valence electrons. The fourth-order valence-corrected chi connectivity index (χ4v) is 3.06. The van der Waals surface area contributed by atoms with Gasteiger partial charge >= 0.3 is 0 Å². The van der Waals surface area contributed by atoms with Crippen LogP contribution in [0.15, 0.2) is 42.5 Å². The third-order valence-electron chi connectivity index (χ3n) is 3.79. The highest BCUT2D eigenvalue weighted by Crippen LogP contribution is 2.22. The number of imidazole rings is 1. The Labute approximate surface area is 139 Å². The third-order valence-corrected chi connectivity index (χ3v) is 4.51. The summed E-state index contributed by atoms with van der Waals surface area (Å²) in [6.07, 6.45) is 2.15. The van der Waals surface area contributed by atoms with Gasteiger partial charge in [0.25, 0.3) is 0 Å². The summed E-state index contributed by atoms with van der Waals surface area (Å²) in [6.45, 7) is 5.24. The summed E-state index contributed by atoms with van der Waals surface area (Å²) in [5.41, 5.74) is 4.98. The average Bonchev–Trinajstić information content (AvgIpc) is 2.82. The number of hydrogen-bond donors (Lipinski definition) is 0. The van der Waals surface area contributed by atoms with Crippen LogP contribution in [0.5, 0.6) is 0 Å². The van der Waals surface area contributed by atoms with Crippen molar-refractivity contribution in [3.63, 3.8) is 0 Å². The van der Waals surface area contributed by atoms with E-state index in [0.29, 0.717) is 0 Å². The van der Waals surface area contributed by atoms with Crippen LogP contribution in [-0.4, -0.2) is 9.55 Å². The molecule has 0 aliphatic heterocycles. The highest BCUT2D eigenvalue weighted by molar-refractivity contribution is 14.1. The maximum atomic E-state index is 4.88. The Hall–Kier alpha value is -1.36. The van der Waals surface area contributed by atoms with Crippen molar-refractivity contribution in [3.8, 4) is 0 Å². The molecule has 0 fully saturated rings. The highest BCUT2D eigenvalue weighted by Gasteiger charge is 2.11. The molecular formula is C18H19IN2. The van der Waals surface area contributed by atoms with E-state index in [0.717, 1.165) is 24.9 Å². The van der Waals surface area contributed by atoms with E-state index in [1.165, 1.54) is 26.0 Å². The van der Waals surface area contributed by atoms with Crippen molar-refractivity contribution in [1.82, 2.24) is 9.55 Å². The summed E-state index contributed by atoms with van der Waals surface area (Å²) in [6, 6.07) is 15.2. The van der Waals surface area contributed by atoms with E-state index in [2.05, 4.69) is 83.5 Å². The molecule has 0 N–H and O–H groups in total. The zero-order chi connectivity index (χ0) is 14.8. The van der Waals surface area contributed by atoms with Gasteiger partial charge in [0.1, 0.15) is 5.82 Å². The predicted octanol–water partition coefficient (Wildman–Crippen LogP) is 4.95. The van der Waals surface area contributed by atoms with Crippen molar-refractivity contribution in [2.75, 3.05) is 0 Å². The number of nitrogens with zero attached hydrogens (tertiary/aromatic N) is 2. The second-order valence-electron chi connectivity index (χ2n) is 5.43. The molecule has 2 nitrogen and oxygen atoms in total. The fourth-order valence-electron chi connectivity index (χ4n) is 2.70. The monoisotopic (exact) mass is 390 g/mol. The van der Waals surface area contributed by atoms with E-state index in [1.54, 1.807) is 0 Å². The van der Waals surface area contributed by atoms with Gasteiger partial charge in [-0.2, -0.15) is 0 Å².